The highest BCUT2D eigenvalue weighted by Gasteiger charge is 2.44. The number of hydrogen-bond donors (Lipinski definition) is 1. The van der Waals surface area contributed by atoms with Gasteiger partial charge >= 0.3 is 0 Å². The van der Waals surface area contributed by atoms with E-state index in [2.05, 4.69) is 37.2 Å². The van der Waals surface area contributed by atoms with E-state index in [0.29, 0.717) is 78.2 Å². The molecule has 9 rings (SSSR count). The molecule has 0 spiro atoms. The third-order valence-electron chi connectivity index (χ3n) is 13.5. The molecular formula is C50H57N7O9S. The van der Waals surface area contributed by atoms with Crippen LogP contribution in [0.15, 0.2) is 78.9 Å². The van der Waals surface area contributed by atoms with Gasteiger partial charge < -0.3 is 19.1 Å². The Balaban J connectivity index is 0.766. The number of rotatable bonds is 15. The molecule has 5 heterocycles. The second-order valence-corrected chi connectivity index (χ2v) is 20.3. The van der Waals surface area contributed by atoms with Crippen molar-refractivity contribution in [1.82, 2.24) is 29.8 Å². The number of carbonyl (C=O) groups is 4. The number of carbonyl (C=O) groups excluding carboxylic acids is 4. The molecule has 0 bridgehead atoms. The zero-order valence-corrected chi connectivity index (χ0v) is 39.2. The number of hydrogen-bond acceptors (Lipinski definition) is 13. The minimum absolute atomic E-state index is 0.247. The van der Waals surface area contributed by atoms with Gasteiger partial charge in [-0.2, -0.15) is 5.10 Å². The van der Waals surface area contributed by atoms with Crippen LogP contribution in [0.5, 0.6) is 23.0 Å². The summed E-state index contributed by atoms with van der Waals surface area (Å²) in [5, 5.41) is 7.94. The van der Waals surface area contributed by atoms with Gasteiger partial charge in [-0.3, -0.25) is 43.9 Å². The van der Waals surface area contributed by atoms with Crippen LogP contribution in [0.1, 0.15) is 82.1 Å². The Morgan fingerprint density at radius 1 is 0.821 bits per heavy atom. The Morgan fingerprint density at radius 3 is 2.27 bits per heavy atom. The van der Waals surface area contributed by atoms with Crippen molar-refractivity contribution in [2.75, 3.05) is 76.4 Å². The van der Waals surface area contributed by atoms with E-state index in [-0.39, 0.29) is 17.4 Å². The molecule has 3 saturated heterocycles. The Labute approximate surface area is 390 Å². The molecule has 0 saturated carbocycles. The summed E-state index contributed by atoms with van der Waals surface area (Å²) in [6.07, 6.45) is 4.06. The summed E-state index contributed by atoms with van der Waals surface area (Å²) in [4.78, 5) is 60.9. The van der Waals surface area contributed by atoms with E-state index in [0.717, 1.165) is 79.9 Å². The van der Waals surface area contributed by atoms with Gasteiger partial charge in [-0.05, 0) is 105 Å². The Bertz CT molecular complexity index is 2810. The fourth-order valence-electron chi connectivity index (χ4n) is 10.1. The predicted octanol–water partition coefficient (Wildman–Crippen LogP) is 5.71. The van der Waals surface area contributed by atoms with E-state index in [1.165, 1.54) is 12.7 Å². The predicted molar refractivity (Wildman–Crippen MR) is 253 cm³/mol. The number of ether oxygens (including phenoxy) is 3. The van der Waals surface area contributed by atoms with Crippen molar-refractivity contribution in [3.8, 4) is 23.0 Å². The maximum absolute atomic E-state index is 14.3. The lowest BCUT2D eigenvalue weighted by Crippen LogP contribution is -2.49. The van der Waals surface area contributed by atoms with Crippen LogP contribution < -0.4 is 24.4 Å². The van der Waals surface area contributed by atoms with Crippen molar-refractivity contribution < 1.29 is 41.8 Å². The standard InChI is InChI=1S/C50H57N7O9S/c1-5-65-44-27-34(11-17-43(44)64-3)42(31-67(4,62)63)57-49(60)38-7-6-8-40(46(38)50(57)61)56-25-23-55(24-26-56)30-33-19-21-54(22-20-33)29-32-9-12-35(13-10-32)66-36-14-15-37-41(28-36)53(2)52-47(37)39-16-18-45(58)51-48(39)59/h6-15,17,27-28,33,39,42H,5,16,18-26,29-31H2,1-4H3,(H,51,58,59)/t39?,42-/m1/s1. The van der Waals surface area contributed by atoms with Crippen molar-refractivity contribution in [2.45, 2.75) is 51.1 Å². The number of amides is 4. The number of nitrogens with one attached hydrogen (secondary N) is 1. The van der Waals surface area contributed by atoms with Crippen LogP contribution in [0.2, 0.25) is 0 Å². The molecule has 1 unspecified atom stereocenters. The first kappa shape index (κ1) is 45.8. The number of aryl methyl sites for hydroxylation is 1. The average molecular weight is 932 g/mol. The van der Waals surface area contributed by atoms with Crippen molar-refractivity contribution in [3.05, 3.63) is 107 Å². The number of nitrogens with zero attached hydrogens (tertiary/aromatic N) is 6. The van der Waals surface area contributed by atoms with Crippen LogP contribution in [0, 0.1) is 5.92 Å². The third kappa shape index (κ3) is 9.76. The maximum atomic E-state index is 14.3. The number of anilines is 1. The summed E-state index contributed by atoms with van der Waals surface area (Å²) < 4.78 is 44.7. The van der Waals surface area contributed by atoms with Gasteiger partial charge in [-0.15, -0.1) is 0 Å². The summed E-state index contributed by atoms with van der Waals surface area (Å²) in [5.74, 6) is 0.392. The van der Waals surface area contributed by atoms with E-state index in [9.17, 15) is 27.6 Å². The molecule has 2 atom stereocenters. The van der Waals surface area contributed by atoms with E-state index in [4.69, 9.17) is 14.2 Å². The number of imide groups is 2. The topological polar surface area (TPSA) is 173 Å². The number of piperazine rings is 1. The molecule has 3 fully saturated rings. The Morgan fingerprint density at radius 2 is 1.57 bits per heavy atom. The third-order valence-corrected chi connectivity index (χ3v) is 14.4. The summed E-state index contributed by atoms with van der Waals surface area (Å²) in [6, 6.07) is 23.2. The van der Waals surface area contributed by atoms with Gasteiger partial charge in [0.2, 0.25) is 11.8 Å². The molecule has 4 amide bonds. The zero-order valence-electron chi connectivity index (χ0n) is 38.4. The lowest BCUT2D eigenvalue weighted by molar-refractivity contribution is -0.134. The van der Waals surface area contributed by atoms with Gasteiger partial charge in [0, 0.05) is 70.4 Å². The van der Waals surface area contributed by atoms with Crippen LogP contribution in [0.25, 0.3) is 10.9 Å². The summed E-state index contributed by atoms with van der Waals surface area (Å²) in [6.45, 7) is 9.12. The molecule has 1 aromatic heterocycles. The average Bonchev–Trinajstić information content (AvgIpc) is 3.77. The molecule has 0 radical (unpaired) electrons. The maximum Gasteiger partial charge on any atom is 0.264 e. The number of benzene rings is 4. The molecule has 0 aliphatic carbocycles. The zero-order chi connectivity index (χ0) is 47.0. The number of sulfone groups is 1. The second-order valence-electron chi connectivity index (χ2n) is 18.1. The first-order valence-corrected chi connectivity index (χ1v) is 25.1. The molecule has 4 aliphatic rings. The van der Waals surface area contributed by atoms with E-state index in [1.807, 2.05) is 50.4 Å². The minimum Gasteiger partial charge on any atom is -0.493 e. The Hall–Kier alpha value is -6.30. The highest BCUT2D eigenvalue weighted by Crippen LogP contribution is 2.40. The number of methoxy groups -OCH3 is 1. The smallest absolute Gasteiger partial charge is 0.264 e. The fraction of sp³-hybridized carbons (Fsp3) is 0.420. The van der Waals surface area contributed by atoms with Crippen LogP contribution in [-0.4, -0.2) is 128 Å². The first-order chi connectivity index (χ1) is 32.3. The van der Waals surface area contributed by atoms with Crippen LogP contribution in [0.3, 0.4) is 0 Å². The molecule has 17 heteroatoms. The number of fused-ring (bicyclic) bond motifs is 2. The molecule has 1 N–H and O–H groups in total. The number of piperidine rings is 2. The fourth-order valence-corrected chi connectivity index (χ4v) is 11.0. The van der Waals surface area contributed by atoms with Crippen LogP contribution in [-0.2, 0) is 33.0 Å². The van der Waals surface area contributed by atoms with Crippen LogP contribution >= 0.6 is 0 Å². The van der Waals surface area contributed by atoms with Gasteiger partial charge in [0.05, 0.1) is 59.5 Å². The largest absolute Gasteiger partial charge is 0.493 e. The molecule has 4 aromatic carbocycles. The van der Waals surface area contributed by atoms with E-state index >= 15 is 0 Å². The summed E-state index contributed by atoms with van der Waals surface area (Å²) in [7, 11) is -0.270. The Kier molecular flexibility index (Phi) is 13.1. The second kappa shape index (κ2) is 19.1. The highest BCUT2D eigenvalue weighted by atomic mass is 32.2. The van der Waals surface area contributed by atoms with Gasteiger partial charge in [-0.1, -0.05) is 24.3 Å². The molecule has 5 aromatic rings. The van der Waals surface area contributed by atoms with Crippen LogP contribution in [0.4, 0.5) is 5.69 Å². The van der Waals surface area contributed by atoms with Crippen molar-refractivity contribution in [3.63, 3.8) is 0 Å². The van der Waals surface area contributed by atoms with Crippen molar-refractivity contribution in [2.24, 2.45) is 13.0 Å². The van der Waals surface area contributed by atoms with Crippen molar-refractivity contribution in [1.29, 1.82) is 0 Å². The van der Waals surface area contributed by atoms with Gasteiger partial charge in [0.1, 0.15) is 21.3 Å². The highest BCUT2D eigenvalue weighted by molar-refractivity contribution is 7.90. The number of aromatic nitrogens is 2. The lowest BCUT2D eigenvalue weighted by Gasteiger charge is -2.40. The molecule has 352 valence electrons. The summed E-state index contributed by atoms with van der Waals surface area (Å²) >= 11 is 0. The lowest BCUT2D eigenvalue weighted by atomic mass is 9.93. The van der Waals surface area contributed by atoms with Gasteiger partial charge in [0.25, 0.3) is 11.8 Å². The SMILES string of the molecule is CCOc1cc([C@@H](CS(C)(=O)=O)N2C(=O)c3cccc(N4CCN(CC5CCN(Cc6ccc(Oc7ccc8c(C9CCC(=O)NC9=O)nn(C)c8c7)cc6)CC5)CC4)c3C2=O)ccc1OC. The summed E-state index contributed by atoms with van der Waals surface area (Å²) in [5.41, 5.74) is 4.50. The molecule has 16 nitrogen and oxygen atoms in total. The van der Waals surface area contributed by atoms with E-state index < -0.39 is 39.4 Å². The first-order valence-electron chi connectivity index (χ1n) is 23.0. The van der Waals surface area contributed by atoms with Crippen molar-refractivity contribution >= 4 is 50.1 Å². The molecule has 4 aliphatic heterocycles. The monoisotopic (exact) mass is 931 g/mol. The van der Waals surface area contributed by atoms with E-state index in [1.54, 1.807) is 35.0 Å². The quantitative estimate of drug-likeness (QED) is 0.127. The molecular weight excluding hydrogens is 875 g/mol. The number of likely N-dealkylation sites (tertiary alicyclic amines) is 1. The van der Waals surface area contributed by atoms with Gasteiger partial charge in [-0.25, -0.2) is 8.42 Å². The van der Waals surface area contributed by atoms with Gasteiger partial charge in [0.15, 0.2) is 11.5 Å². The molecule has 67 heavy (non-hydrogen) atoms. The minimum atomic E-state index is -3.63. The normalized spacial score (nSPS) is 19.2.